The monoisotopic (exact) mass is 467 g/mol. The molecule has 1 aromatic heterocycles. The Morgan fingerprint density at radius 3 is 2.39 bits per heavy atom. The van der Waals surface area contributed by atoms with Crippen LogP contribution < -0.4 is 19.7 Å². The first kappa shape index (κ1) is 23.0. The molecule has 0 unspecified atom stereocenters. The van der Waals surface area contributed by atoms with Gasteiger partial charge in [-0.15, -0.1) is 0 Å². The van der Waals surface area contributed by atoms with E-state index in [0.717, 1.165) is 50.1 Å². The standard InChI is InChI=1S/C24H29N5O3S/c1-31-20-15-19(16-21(17-20)32-2)23(30)25-8-9-28-10-12-29(13-11-28)24-26-22(27-33-24)14-18-6-4-3-5-7-18/h3-7,15-17H,8-14H2,1-2H3,(H,25,30). The van der Waals surface area contributed by atoms with Crippen molar-refractivity contribution in [2.24, 2.45) is 0 Å². The Morgan fingerprint density at radius 2 is 1.73 bits per heavy atom. The van der Waals surface area contributed by atoms with Crippen molar-refractivity contribution in [1.29, 1.82) is 0 Å². The van der Waals surface area contributed by atoms with Gasteiger partial charge in [0.1, 0.15) is 17.3 Å². The van der Waals surface area contributed by atoms with Crippen LogP contribution in [-0.2, 0) is 6.42 Å². The predicted octanol–water partition coefficient (Wildman–Crippen LogP) is 2.70. The number of carbonyl (C=O) groups is 1. The summed E-state index contributed by atoms with van der Waals surface area (Å²) >= 11 is 1.47. The van der Waals surface area contributed by atoms with Crippen molar-refractivity contribution < 1.29 is 14.3 Å². The Balaban J connectivity index is 1.21. The lowest BCUT2D eigenvalue weighted by Gasteiger charge is -2.34. The molecule has 174 valence electrons. The van der Waals surface area contributed by atoms with E-state index in [4.69, 9.17) is 14.5 Å². The Kier molecular flexibility index (Phi) is 7.74. The zero-order valence-electron chi connectivity index (χ0n) is 19.0. The molecule has 0 radical (unpaired) electrons. The Morgan fingerprint density at radius 1 is 1.03 bits per heavy atom. The molecular weight excluding hydrogens is 438 g/mol. The van der Waals surface area contributed by atoms with Crippen molar-refractivity contribution in [1.82, 2.24) is 19.6 Å². The average Bonchev–Trinajstić information content (AvgIpc) is 3.33. The fourth-order valence-corrected chi connectivity index (χ4v) is 4.49. The number of anilines is 1. The van der Waals surface area contributed by atoms with Gasteiger partial charge in [0.2, 0.25) is 5.13 Å². The number of carbonyl (C=O) groups excluding carboxylic acids is 1. The number of piperazine rings is 1. The molecular formula is C24H29N5O3S. The van der Waals surface area contributed by atoms with E-state index in [2.05, 4.69) is 31.6 Å². The van der Waals surface area contributed by atoms with Crippen molar-refractivity contribution in [3.8, 4) is 11.5 Å². The molecule has 4 rings (SSSR count). The SMILES string of the molecule is COc1cc(OC)cc(C(=O)NCCN2CCN(c3nc(Cc4ccccc4)ns3)CC2)c1. The molecule has 3 aromatic rings. The van der Waals surface area contributed by atoms with E-state index in [1.54, 1.807) is 32.4 Å². The second kappa shape index (κ2) is 11.1. The van der Waals surface area contributed by atoms with Gasteiger partial charge in [-0.05, 0) is 17.7 Å². The number of methoxy groups -OCH3 is 2. The van der Waals surface area contributed by atoms with Gasteiger partial charge in [-0.3, -0.25) is 9.69 Å². The van der Waals surface area contributed by atoms with E-state index in [-0.39, 0.29) is 5.91 Å². The number of ether oxygens (including phenoxy) is 2. The summed E-state index contributed by atoms with van der Waals surface area (Å²) in [5, 5.41) is 3.98. The first-order valence-corrected chi connectivity index (χ1v) is 11.8. The van der Waals surface area contributed by atoms with Crippen LogP contribution in [0.3, 0.4) is 0 Å². The van der Waals surface area contributed by atoms with Gasteiger partial charge < -0.3 is 19.7 Å². The number of benzene rings is 2. The molecule has 9 heteroatoms. The minimum Gasteiger partial charge on any atom is -0.497 e. The number of hydrogen-bond donors (Lipinski definition) is 1. The fraction of sp³-hybridized carbons (Fsp3) is 0.375. The highest BCUT2D eigenvalue weighted by molar-refractivity contribution is 7.09. The highest BCUT2D eigenvalue weighted by atomic mass is 32.1. The number of hydrogen-bond acceptors (Lipinski definition) is 8. The van der Waals surface area contributed by atoms with Crippen LogP contribution in [-0.4, -0.2) is 73.7 Å². The molecule has 0 bridgehead atoms. The molecule has 2 heterocycles. The van der Waals surface area contributed by atoms with Gasteiger partial charge in [-0.1, -0.05) is 30.3 Å². The molecule has 1 aliphatic heterocycles. The van der Waals surface area contributed by atoms with Gasteiger partial charge in [0.05, 0.1) is 14.2 Å². The Hall–Kier alpha value is -3.17. The number of rotatable bonds is 9. The van der Waals surface area contributed by atoms with Crippen LogP contribution in [0.5, 0.6) is 11.5 Å². The van der Waals surface area contributed by atoms with Crippen molar-refractivity contribution in [2.75, 3.05) is 58.4 Å². The third-order valence-electron chi connectivity index (χ3n) is 5.63. The Labute approximate surface area is 198 Å². The van der Waals surface area contributed by atoms with E-state index in [1.165, 1.54) is 17.1 Å². The molecule has 1 fully saturated rings. The first-order chi connectivity index (χ1) is 16.1. The van der Waals surface area contributed by atoms with E-state index in [0.29, 0.717) is 23.6 Å². The summed E-state index contributed by atoms with van der Waals surface area (Å²) in [6.45, 7) is 5.04. The lowest BCUT2D eigenvalue weighted by Crippen LogP contribution is -2.48. The van der Waals surface area contributed by atoms with Crippen LogP contribution >= 0.6 is 11.5 Å². The number of aromatic nitrogens is 2. The van der Waals surface area contributed by atoms with Crippen LogP contribution in [0.2, 0.25) is 0 Å². The summed E-state index contributed by atoms with van der Waals surface area (Å²) < 4.78 is 15.0. The van der Waals surface area contributed by atoms with Crippen LogP contribution in [0.25, 0.3) is 0 Å². The van der Waals surface area contributed by atoms with Gasteiger partial charge in [0.25, 0.3) is 5.91 Å². The molecule has 8 nitrogen and oxygen atoms in total. The zero-order chi connectivity index (χ0) is 23.0. The molecule has 2 aromatic carbocycles. The lowest BCUT2D eigenvalue weighted by atomic mass is 10.1. The maximum atomic E-state index is 12.5. The maximum Gasteiger partial charge on any atom is 0.251 e. The van der Waals surface area contributed by atoms with Crippen molar-refractivity contribution in [2.45, 2.75) is 6.42 Å². The smallest absolute Gasteiger partial charge is 0.251 e. The quantitative estimate of drug-likeness (QED) is 0.518. The van der Waals surface area contributed by atoms with Crippen LogP contribution in [0.1, 0.15) is 21.7 Å². The Bertz CT molecular complexity index is 1030. The minimum absolute atomic E-state index is 0.134. The second-order valence-corrected chi connectivity index (χ2v) is 8.57. The molecule has 0 saturated carbocycles. The van der Waals surface area contributed by atoms with Crippen LogP contribution in [0.4, 0.5) is 5.13 Å². The molecule has 1 amide bonds. The molecule has 1 aliphatic rings. The van der Waals surface area contributed by atoms with Crippen molar-refractivity contribution in [3.05, 3.63) is 65.5 Å². The largest absolute Gasteiger partial charge is 0.497 e. The number of nitrogens with one attached hydrogen (secondary N) is 1. The lowest BCUT2D eigenvalue weighted by molar-refractivity contribution is 0.0947. The van der Waals surface area contributed by atoms with Gasteiger partial charge >= 0.3 is 0 Å². The highest BCUT2D eigenvalue weighted by Gasteiger charge is 2.20. The normalized spacial score (nSPS) is 14.2. The van der Waals surface area contributed by atoms with Gasteiger partial charge in [0, 0.05) is 68.9 Å². The molecule has 1 N–H and O–H groups in total. The molecule has 1 saturated heterocycles. The molecule has 0 atom stereocenters. The number of nitrogens with zero attached hydrogens (tertiary/aromatic N) is 4. The van der Waals surface area contributed by atoms with Gasteiger partial charge in [-0.2, -0.15) is 4.37 Å². The number of amides is 1. The highest BCUT2D eigenvalue weighted by Crippen LogP contribution is 2.23. The third-order valence-corrected chi connectivity index (χ3v) is 6.45. The van der Waals surface area contributed by atoms with Crippen LogP contribution in [0.15, 0.2) is 48.5 Å². The zero-order valence-corrected chi connectivity index (χ0v) is 19.8. The minimum atomic E-state index is -0.134. The van der Waals surface area contributed by atoms with E-state index >= 15 is 0 Å². The maximum absolute atomic E-state index is 12.5. The molecule has 33 heavy (non-hydrogen) atoms. The van der Waals surface area contributed by atoms with Gasteiger partial charge in [0.15, 0.2) is 0 Å². The summed E-state index contributed by atoms with van der Waals surface area (Å²) in [6.07, 6.45) is 0.760. The third kappa shape index (κ3) is 6.21. The average molecular weight is 468 g/mol. The topological polar surface area (TPSA) is 79.8 Å². The van der Waals surface area contributed by atoms with Gasteiger partial charge in [-0.25, -0.2) is 4.98 Å². The summed E-state index contributed by atoms with van der Waals surface area (Å²) in [4.78, 5) is 21.9. The van der Waals surface area contributed by atoms with E-state index < -0.39 is 0 Å². The van der Waals surface area contributed by atoms with E-state index in [1.807, 2.05) is 18.2 Å². The summed E-state index contributed by atoms with van der Waals surface area (Å²) in [6, 6.07) is 15.5. The summed E-state index contributed by atoms with van der Waals surface area (Å²) in [5.41, 5.74) is 1.75. The van der Waals surface area contributed by atoms with Crippen molar-refractivity contribution >= 4 is 22.6 Å². The molecule has 0 spiro atoms. The van der Waals surface area contributed by atoms with Crippen molar-refractivity contribution in [3.63, 3.8) is 0 Å². The summed E-state index contributed by atoms with van der Waals surface area (Å²) in [5.74, 6) is 1.93. The molecule has 0 aliphatic carbocycles. The fourth-order valence-electron chi connectivity index (χ4n) is 3.75. The summed E-state index contributed by atoms with van der Waals surface area (Å²) in [7, 11) is 3.14. The van der Waals surface area contributed by atoms with Crippen LogP contribution in [0, 0.1) is 0 Å². The predicted molar refractivity (Wildman–Crippen MR) is 130 cm³/mol. The van der Waals surface area contributed by atoms with E-state index in [9.17, 15) is 4.79 Å². The second-order valence-electron chi connectivity index (χ2n) is 7.84. The first-order valence-electron chi connectivity index (χ1n) is 11.0.